The van der Waals surface area contributed by atoms with E-state index in [0.717, 1.165) is 0 Å². The van der Waals surface area contributed by atoms with E-state index in [1.54, 1.807) is 6.40 Å². The molecule has 2 heteroatoms. The molecule has 0 fully saturated rings. The van der Waals surface area contributed by atoms with E-state index in [0.29, 0.717) is 0 Å². The summed E-state index contributed by atoms with van der Waals surface area (Å²) in [5, 5.41) is 5.83. The Morgan fingerprint density at radius 1 is 2.80 bits per heavy atom. The van der Waals surface area contributed by atoms with Crippen molar-refractivity contribution >= 4 is 6.67 Å². The Kier molecular flexibility index (Phi) is 4060. The van der Waals surface area contributed by atoms with Crippen molar-refractivity contribution in [2.75, 3.05) is 0 Å². The molecule has 0 amide bonds. The van der Waals surface area contributed by atoms with Gasteiger partial charge in [-0.05, 0) is 12.7 Å². The Balaban J connectivity index is 0. The van der Waals surface area contributed by atoms with Crippen LogP contribution in [0.25, 0.3) is 0 Å². The van der Waals surface area contributed by atoms with Crippen LogP contribution in [0.15, 0.2) is 0 Å². The standard InChI is InChI=1S/C2H3N.CH3N/c1-2-3;1-2/h1H,3H2;2H,1H2/i1D;1T2. The largest absolute Gasteiger partial charge is 0.360 e. The molecule has 0 aliphatic heterocycles. The molecule has 0 rings (SSSR count). The summed E-state index contributed by atoms with van der Waals surface area (Å²) in [6.07, 6.45) is 1.71. The van der Waals surface area contributed by atoms with Crippen molar-refractivity contribution in [3.63, 3.8) is 0 Å². The Labute approximate surface area is 35.7 Å². The fourth-order valence-electron chi connectivity index (χ4n) is 0. The predicted octanol–water partition coefficient (Wildman–Crippen LogP) is -0.198. The van der Waals surface area contributed by atoms with Crippen molar-refractivity contribution in [2.24, 2.45) is 5.73 Å². The molecule has 0 radical (unpaired) electrons. The molecule has 2 nitrogen and oxygen atoms in total. The first kappa shape index (κ1) is 1.46. The second kappa shape index (κ2) is 13900. The van der Waals surface area contributed by atoms with E-state index >= 15 is 0 Å². The van der Waals surface area contributed by atoms with E-state index in [2.05, 4.69) is 5.73 Å². The molecule has 0 saturated heterocycles. The van der Waals surface area contributed by atoms with E-state index < -0.39 is 6.67 Å². The van der Waals surface area contributed by atoms with Gasteiger partial charge in [-0.15, -0.1) is 0 Å². The van der Waals surface area contributed by atoms with Crippen molar-refractivity contribution < 1.29 is 4.11 Å². The van der Waals surface area contributed by atoms with Gasteiger partial charge in [0.25, 0.3) is 0 Å². The smallest absolute Gasteiger partial charge is 0.126 e. The van der Waals surface area contributed by atoms with E-state index in [9.17, 15) is 0 Å². The lowest BCUT2D eigenvalue weighted by molar-refractivity contribution is 1.61. The highest BCUT2D eigenvalue weighted by molar-refractivity contribution is 5.15. The second-order valence-electron chi connectivity index (χ2n) is 0.144. The van der Waals surface area contributed by atoms with Crippen molar-refractivity contribution in [1.82, 2.24) is 0 Å². The third-order valence-electron chi connectivity index (χ3n) is 0. The molecule has 0 heterocycles. The zero-order valence-electron chi connectivity index (χ0n) is 5.58. The lowest BCUT2D eigenvalue weighted by atomic mass is 11.2. The van der Waals surface area contributed by atoms with Gasteiger partial charge in [-0.3, -0.25) is 0 Å². The fraction of sp³-hybridized carbons (Fsp3) is 0. The maximum Gasteiger partial charge on any atom is 0.126 e. The molecule has 3 N–H and O–H groups in total. The minimum atomic E-state index is -0.833. The number of hydrogen-bond acceptors (Lipinski definition) is 2. The molecule has 0 aromatic carbocycles. The molecular weight excluding hydrogens is 64.0 g/mol. The Morgan fingerprint density at radius 3 is 3.00 bits per heavy atom. The molecule has 0 aliphatic rings. The van der Waals surface area contributed by atoms with Gasteiger partial charge in [-0.25, -0.2) is 0 Å². The summed E-state index contributed by atoms with van der Waals surface area (Å²) in [5.74, 6) is 0. The number of nitrogens with one attached hydrogen (secondary N) is 1. The highest BCUT2D eigenvalue weighted by Gasteiger charge is 1.02. The molecule has 0 atom stereocenters. The summed E-state index contributed by atoms with van der Waals surface area (Å²) in [7, 11) is 0. The zero-order valence-corrected chi connectivity index (χ0v) is 2.58. The monoisotopic (exact) mass is 75.1 g/mol. The van der Waals surface area contributed by atoms with Crippen molar-refractivity contribution in [1.29, 1.82) is 5.41 Å². The molecule has 0 aromatic rings. The van der Waals surface area contributed by atoms with Gasteiger partial charge in [0.05, 0.1) is 2.74 Å². The molecule has 0 bridgehead atoms. The third-order valence-corrected chi connectivity index (χ3v) is 0. The van der Waals surface area contributed by atoms with Crippen molar-refractivity contribution in [3.05, 3.63) is 0 Å². The minimum absolute atomic E-state index is 0.833. The molecule has 0 spiro atoms. The normalized spacial score (nSPS) is 8.40. The van der Waals surface area contributed by atoms with E-state index in [1.165, 1.54) is 0 Å². The number of nitrogens with two attached hydrogens (primary N) is 1. The minimum Gasteiger partial charge on any atom is -0.360 e. The Hall–Kier alpha value is -0.970. The van der Waals surface area contributed by atoms with E-state index in [4.69, 9.17) is 9.52 Å². The highest BCUT2D eigenvalue weighted by atomic mass is 14.4. The van der Waals surface area contributed by atoms with Crippen LogP contribution in [-0.2, 0) is 0 Å². The first-order chi connectivity index (χ1) is 3.65. The molecule has 0 aliphatic carbocycles. The predicted molar refractivity (Wildman–Crippen MR) is 22.9 cm³/mol. The lowest BCUT2D eigenvalue weighted by Crippen LogP contribution is -1.69. The number of terminal acetylenes is 1. The molecule has 28 valence electrons. The number of hydrogen-bond donors (Lipinski definition) is 2. The quantitative estimate of drug-likeness (QED) is 0.234. The molecular formula is C3H6N2. The Bertz CT molecular complexity index is 101. The van der Waals surface area contributed by atoms with Gasteiger partial charge >= 0.3 is 0 Å². The van der Waals surface area contributed by atoms with Gasteiger partial charge in [0.15, 0.2) is 0 Å². The maximum atomic E-state index is 5.97. The van der Waals surface area contributed by atoms with Crippen LogP contribution in [-0.4, -0.2) is 6.67 Å². The first-order valence-corrected chi connectivity index (χ1v) is 0.789. The van der Waals surface area contributed by atoms with Gasteiger partial charge in [0.2, 0.25) is 0 Å². The molecule has 0 saturated carbocycles. The van der Waals surface area contributed by atoms with Gasteiger partial charge in [0, 0.05) is 0 Å². The first-order valence-electron chi connectivity index (χ1n) is 2.29. The summed E-state index contributed by atoms with van der Waals surface area (Å²) in [6, 6.07) is 1.85. The van der Waals surface area contributed by atoms with Gasteiger partial charge in [-0.2, -0.15) is 0 Å². The Morgan fingerprint density at radius 2 is 3.00 bits per heavy atom. The molecule has 5 heavy (non-hydrogen) atoms. The summed E-state index contributed by atoms with van der Waals surface area (Å²) < 4.78 is 17.6. The average Bonchev–Trinajstić information content (AvgIpc) is 1.65. The maximum absolute atomic E-state index is 5.97. The summed E-state index contributed by atoms with van der Waals surface area (Å²) in [4.78, 5) is 0. The summed E-state index contributed by atoms with van der Waals surface area (Å²) >= 11 is 0. The van der Waals surface area contributed by atoms with Crippen LogP contribution in [0.2, 0.25) is 0 Å². The fourth-order valence-corrected chi connectivity index (χ4v) is 0. The second-order valence-corrected chi connectivity index (χ2v) is 0.144. The topological polar surface area (TPSA) is 49.9 Å². The van der Waals surface area contributed by atoms with Crippen LogP contribution in [0.1, 0.15) is 4.11 Å². The lowest BCUT2D eigenvalue weighted by Gasteiger charge is -1.32. The van der Waals surface area contributed by atoms with Crippen LogP contribution < -0.4 is 5.73 Å². The van der Waals surface area contributed by atoms with Crippen LogP contribution in [0.3, 0.4) is 0 Å². The van der Waals surface area contributed by atoms with Gasteiger partial charge in [0.1, 0.15) is 1.37 Å². The zero-order chi connectivity index (χ0) is 6.99. The summed E-state index contributed by atoms with van der Waals surface area (Å²) in [6.45, 7) is -0.833. The number of rotatable bonds is 0. The van der Waals surface area contributed by atoms with Crippen LogP contribution in [0, 0.1) is 17.9 Å². The van der Waals surface area contributed by atoms with Gasteiger partial charge in [-0.1, -0.05) is 6.40 Å². The summed E-state index contributed by atoms with van der Waals surface area (Å²) in [5.41, 5.74) is 4.48. The SMILES string of the molecule is [2H]C#CN.[3H]C([3H])=N. The van der Waals surface area contributed by atoms with Gasteiger partial charge < -0.3 is 11.1 Å². The highest BCUT2D eigenvalue weighted by Crippen LogP contribution is 0.897. The molecule has 0 unspecified atom stereocenters. The van der Waals surface area contributed by atoms with E-state index in [-0.39, 0.29) is 0 Å². The van der Waals surface area contributed by atoms with Crippen LogP contribution >= 0.6 is 0 Å². The van der Waals surface area contributed by atoms with Crippen LogP contribution in [0.4, 0.5) is 0 Å². The third kappa shape index (κ3) is 3.42. The van der Waals surface area contributed by atoms with Crippen LogP contribution in [0.5, 0.6) is 0 Å². The van der Waals surface area contributed by atoms with Crippen molar-refractivity contribution in [2.45, 2.75) is 0 Å². The van der Waals surface area contributed by atoms with E-state index in [1.807, 2.05) is 6.04 Å². The average molecular weight is 75.1 g/mol. The van der Waals surface area contributed by atoms with Crippen molar-refractivity contribution in [3.8, 4) is 12.4 Å². The molecule has 0 aromatic heterocycles.